The second-order valence-electron chi connectivity index (χ2n) is 9.43. The van der Waals surface area contributed by atoms with Crippen molar-refractivity contribution in [1.82, 2.24) is 20.0 Å². The number of nitrogens with zero attached hydrogens (tertiary/aromatic N) is 6. The van der Waals surface area contributed by atoms with Crippen molar-refractivity contribution in [2.45, 2.75) is 63.8 Å². The number of likely N-dealkylation sites (tertiary alicyclic amines) is 2. The first-order valence-corrected chi connectivity index (χ1v) is 12.9. The Bertz CT molecular complexity index is 779. The number of carbonyl (C=O) groups is 2. The fourth-order valence-electron chi connectivity index (χ4n) is 5.61. The number of hydrogen-bond donors (Lipinski definition) is 0. The van der Waals surface area contributed by atoms with Gasteiger partial charge in [-0.2, -0.15) is 0 Å². The van der Waals surface area contributed by atoms with Crippen LogP contribution in [0.2, 0.25) is 0 Å². The van der Waals surface area contributed by atoms with E-state index in [2.05, 4.69) is 24.9 Å². The highest BCUT2D eigenvalue weighted by Crippen LogP contribution is 2.33. The summed E-state index contributed by atoms with van der Waals surface area (Å²) in [6.45, 7) is 6.76. The summed E-state index contributed by atoms with van der Waals surface area (Å²) in [5.41, 5.74) is 0. The third-order valence-corrected chi connectivity index (χ3v) is 8.51. The molecular formula is C22H34N6O2S. The zero-order chi connectivity index (χ0) is 21.2. The van der Waals surface area contributed by atoms with Crippen molar-refractivity contribution in [1.29, 1.82) is 0 Å². The van der Waals surface area contributed by atoms with E-state index >= 15 is 0 Å². The highest BCUT2D eigenvalue weighted by atomic mass is 32.1. The van der Waals surface area contributed by atoms with Crippen molar-refractivity contribution in [2.24, 2.45) is 5.92 Å². The second kappa shape index (κ2) is 9.40. The van der Waals surface area contributed by atoms with E-state index in [4.69, 9.17) is 0 Å². The lowest BCUT2D eigenvalue weighted by Crippen LogP contribution is -2.50. The smallest absolute Gasteiger partial charge is 0.228 e. The second-order valence-corrected chi connectivity index (χ2v) is 10.4. The molecule has 0 atom stereocenters. The molecule has 4 aliphatic rings. The molecule has 1 aromatic heterocycles. The Balaban J connectivity index is 1.09. The van der Waals surface area contributed by atoms with Crippen LogP contribution in [0.5, 0.6) is 0 Å². The Hall–Kier alpha value is -1.74. The summed E-state index contributed by atoms with van der Waals surface area (Å²) in [5, 5.41) is 10.2. The molecule has 0 N–H and O–H groups in total. The van der Waals surface area contributed by atoms with E-state index in [9.17, 15) is 9.59 Å². The molecule has 2 amide bonds. The van der Waals surface area contributed by atoms with E-state index in [1.54, 1.807) is 4.90 Å². The van der Waals surface area contributed by atoms with Crippen LogP contribution in [0.25, 0.3) is 0 Å². The van der Waals surface area contributed by atoms with Gasteiger partial charge in [0.05, 0.1) is 0 Å². The summed E-state index contributed by atoms with van der Waals surface area (Å²) in [7, 11) is 0. The molecule has 4 saturated heterocycles. The molecule has 31 heavy (non-hydrogen) atoms. The standard InChI is InChI=1S/C22H34N6O2S/c29-19-5-4-12-28(19)22-24-23-21(31-22)27-13-6-17(7-14-27)20(30)26-15-8-18(9-16-26)25-10-2-1-3-11-25/h17-18H,1-16H2. The molecule has 0 bridgehead atoms. The van der Waals surface area contributed by atoms with Gasteiger partial charge in [0.1, 0.15) is 0 Å². The lowest BCUT2D eigenvalue weighted by molar-refractivity contribution is -0.137. The molecule has 5 rings (SSSR count). The van der Waals surface area contributed by atoms with Gasteiger partial charge in [0.15, 0.2) is 0 Å². The van der Waals surface area contributed by atoms with E-state index in [1.165, 1.54) is 43.7 Å². The first-order chi connectivity index (χ1) is 15.2. The molecule has 0 radical (unpaired) electrons. The monoisotopic (exact) mass is 446 g/mol. The topological polar surface area (TPSA) is 72.9 Å². The summed E-state index contributed by atoms with van der Waals surface area (Å²) in [6, 6.07) is 0.681. The van der Waals surface area contributed by atoms with Crippen LogP contribution in [0.1, 0.15) is 57.8 Å². The lowest BCUT2D eigenvalue weighted by Gasteiger charge is -2.41. The maximum atomic E-state index is 13.1. The summed E-state index contributed by atoms with van der Waals surface area (Å²) >= 11 is 1.50. The fraction of sp³-hybridized carbons (Fsp3) is 0.818. The molecule has 1 aromatic rings. The maximum Gasteiger partial charge on any atom is 0.228 e. The van der Waals surface area contributed by atoms with Crippen LogP contribution in [0.15, 0.2) is 0 Å². The van der Waals surface area contributed by atoms with Crippen molar-refractivity contribution in [2.75, 3.05) is 55.6 Å². The molecule has 4 aliphatic heterocycles. The van der Waals surface area contributed by atoms with Gasteiger partial charge in [-0.15, -0.1) is 10.2 Å². The average molecular weight is 447 g/mol. The van der Waals surface area contributed by atoms with Gasteiger partial charge in [0, 0.05) is 51.1 Å². The summed E-state index contributed by atoms with van der Waals surface area (Å²) in [4.78, 5) is 33.8. The number of carbonyl (C=O) groups excluding carboxylic acids is 2. The third-order valence-electron chi connectivity index (χ3n) is 7.51. The van der Waals surface area contributed by atoms with Crippen molar-refractivity contribution in [3.63, 3.8) is 0 Å². The quantitative estimate of drug-likeness (QED) is 0.707. The first kappa shape index (κ1) is 21.1. The fourth-order valence-corrected chi connectivity index (χ4v) is 6.55. The van der Waals surface area contributed by atoms with Gasteiger partial charge in [0.2, 0.25) is 22.1 Å². The van der Waals surface area contributed by atoms with E-state index < -0.39 is 0 Å². The van der Waals surface area contributed by atoms with E-state index in [-0.39, 0.29) is 11.8 Å². The van der Waals surface area contributed by atoms with Crippen molar-refractivity contribution in [3.8, 4) is 0 Å². The van der Waals surface area contributed by atoms with Crippen LogP contribution in [0.4, 0.5) is 10.3 Å². The maximum absolute atomic E-state index is 13.1. The number of aromatic nitrogens is 2. The van der Waals surface area contributed by atoms with Crippen molar-refractivity contribution in [3.05, 3.63) is 0 Å². The van der Waals surface area contributed by atoms with E-state index in [1.807, 2.05) is 0 Å². The zero-order valence-corrected chi connectivity index (χ0v) is 19.2. The minimum absolute atomic E-state index is 0.135. The average Bonchev–Trinajstić information content (AvgIpc) is 3.48. The summed E-state index contributed by atoms with van der Waals surface area (Å²) in [5.74, 6) is 0.642. The Morgan fingerprint density at radius 1 is 0.806 bits per heavy atom. The number of hydrogen-bond acceptors (Lipinski definition) is 7. The minimum Gasteiger partial charge on any atom is -0.347 e. The molecule has 4 fully saturated rings. The zero-order valence-electron chi connectivity index (χ0n) is 18.4. The molecule has 0 aromatic carbocycles. The van der Waals surface area contributed by atoms with Crippen LogP contribution in [-0.4, -0.2) is 83.7 Å². The molecule has 0 aliphatic carbocycles. The lowest BCUT2D eigenvalue weighted by atomic mass is 9.93. The van der Waals surface area contributed by atoms with Gasteiger partial charge in [0.25, 0.3) is 0 Å². The molecule has 8 nitrogen and oxygen atoms in total. The van der Waals surface area contributed by atoms with Crippen molar-refractivity contribution >= 4 is 33.4 Å². The molecule has 0 unspecified atom stereocenters. The predicted octanol–water partition coefficient (Wildman–Crippen LogP) is 2.36. The van der Waals surface area contributed by atoms with Gasteiger partial charge in [-0.3, -0.25) is 14.5 Å². The Morgan fingerprint density at radius 3 is 2.19 bits per heavy atom. The van der Waals surface area contributed by atoms with E-state index in [0.29, 0.717) is 23.5 Å². The molecule has 170 valence electrons. The van der Waals surface area contributed by atoms with Crippen molar-refractivity contribution < 1.29 is 9.59 Å². The Kier molecular flexibility index (Phi) is 6.41. The highest BCUT2D eigenvalue weighted by molar-refractivity contribution is 7.19. The van der Waals surface area contributed by atoms with Crippen LogP contribution in [0, 0.1) is 5.92 Å². The number of amides is 2. The molecule has 5 heterocycles. The predicted molar refractivity (Wildman–Crippen MR) is 121 cm³/mol. The van der Waals surface area contributed by atoms with Gasteiger partial charge in [-0.05, 0) is 58.0 Å². The summed E-state index contributed by atoms with van der Waals surface area (Å²) < 4.78 is 0. The first-order valence-electron chi connectivity index (χ1n) is 12.1. The third kappa shape index (κ3) is 4.58. The van der Waals surface area contributed by atoms with Crippen LogP contribution >= 0.6 is 11.3 Å². The molecular weight excluding hydrogens is 412 g/mol. The van der Waals surface area contributed by atoms with Crippen LogP contribution < -0.4 is 9.80 Å². The highest BCUT2D eigenvalue weighted by Gasteiger charge is 2.33. The van der Waals surface area contributed by atoms with Crippen LogP contribution in [0.3, 0.4) is 0 Å². The molecule has 9 heteroatoms. The van der Waals surface area contributed by atoms with Gasteiger partial charge in [-0.25, -0.2) is 0 Å². The Labute approximate surface area is 188 Å². The van der Waals surface area contributed by atoms with E-state index in [0.717, 1.165) is 70.0 Å². The summed E-state index contributed by atoms with van der Waals surface area (Å²) in [6.07, 6.45) is 9.57. The SMILES string of the molecule is O=C(C1CCN(c2nnc(N3CCCC3=O)s2)CC1)N1CCC(N2CCCCC2)CC1. The number of piperidine rings is 3. The molecule has 0 saturated carbocycles. The number of rotatable bonds is 4. The number of anilines is 2. The minimum atomic E-state index is 0.135. The van der Waals surface area contributed by atoms with Gasteiger partial charge in [-0.1, -0.05) is 17.8 Å². The Morgan fingerprint density at radius 2 is 1.52 bits per heavy atom. The molecule has 0 spiro atoms. The van der Waals surface area contributed by atoms with Gasteiger partial charge < -0.3 is 14.7 Å². The largest absolute Gasteiger partial charge is 0.347 e. The normalized spacial score (nSPS) is 24.9. The van der Waals surface area contributed by atoms with Gasteiger partial charge >= 0.3 is 0 Å². The van der Waals surface area contributed by atoms with Crippen LogP contribution in [-0.2, 0) is 9.59 Å².